The van der Waals surface area contributed by atoms with Gasteiger partial charge in [-0.05, 0) is 24.3 Å². The average Bonchev–Trinajstić information content (AvgIpc) is 3.28. The second kappa shape index (κ2) is 7.19. The van der Waals surface area contributed by atoms with E-state index in [9.17, 15) is 9.59 Å². The molecular formula is C20H18N4O5. The second-order valence-electron chi connectivity index (χ2n) is 6.21. The van der Waals surface area contributed by atoms with Gasteiger partial charge in [-0.2, -0.15) is 5.10 Å². The van der Waals surface area contributed by atoms with Crippen LogP contribution in [0.2, 0.25) is 0 Å². The molecule has 2 aromatic carbocycles. The van der Waals surface area contributed by atoms with E-state index in [1.54, 1.807) is 12.1 Å². The molecule has 1 aliphatic heterocycles. The monoisotopic (exact) mass is 394 g/mol. The molecule has 0 spiro atoms. The van der Waals surface area contributed by atoms with Gasteiger partial charge in [-0.25, -0.2) is 9.48 Å². The molecule has 9 nitrogen and oxygen atoms in total. The summed E-state index contributed by atoms with van der Waals surface area (Å²) in [5.74, 6) is -0.323. The quantitative estimate of drug-likeness (QED) is 0.636. The number of hydrogen-bond acceptors (Lipinski definition) is 7. The lowest BCUT2D eigenvalue weighted by molar-refractivity contribution is 0.0302. The smallest absolute Gasteiger partial charge is 0.344 e. The number of ether oxygens (including phenoxy) is 3. The molecule has 0 unspecified atom stereocenters. The van der Waals surface area contributed by atoms with Gasteiger partial charge in [0, 0.05) is 5.56 Å². The lowest BCUT2D eigenvalue weighted by Gasteiger charge is -2.14. The van der Waals surface area contributed by atoms with E-state index in [-0.39, 0.29) is 22.7 Å². The summed E-state index contributed by atoms with van der Waals surface area (Å²) in [6.45, 7) is 0. The van der Waals surface area contributed by atoms with Crippen LogP contribution in [0.25, 0.3) is 5.69 Å². The Hall–Kier alpha value is -4.01. The van der Waals surface area contributed by atoms with Gasteiger partial charge in [-0.15, -0.1) is 0 Å². The number of anilines is 1. The number of fused-ring (bicyclic) bond motifs is 1. The molecule has 29 heavy (non-hydrogen) atoms. The molecule has 0 saturated heterocycles. The summed E-state index contributed by atoms with van der Waals surface area (Å²) in [4.78, 5) is 25.1. The molecule has 0 saturated carbocycles. The van der Waals surface area contributed by atoms with Gasteiger partial charge in [-0.3, -0.25) is 4.79 Å². The van der Waals surface area contributed by atoms with E-state index in [4.69, 9.17) is 19.9 Å². The highest BCUT2D eigenvalue weighted by atomic mass is 16.6. The summed E-state index contributed by atoms with van der Waals surface area (Å²) in [6.07, 6.45) is 0.383. The van der Waals surface area contributed by atoms with Gasteiger partial charge in [-0.1, -0.05) is 18.2 Å². The number of amides is 1. The third kappa shape index (κ3) is 3.02. The van der Waals surface area contributed by atoms with E-state index in [0.29, 0.717) is 11.3 Å². The Morgan fingerprint density at radius 2 is 1.93 bits per heavy atom. The van der Waals surface area contributed by atoms with Crippen LogP contribution in [0.15, 0.2) is 48.7 Å². The Balaban J connectivity index is 1.62. The molecule has 1 amide bonds. The van der Waals surface area contributed by atoms with E-state index < -0.39 is 18.1 Å². The SMILES string of the molecule is COc1ccc2c(c1OC)C(=O)O[C@H]2NC(=O)c1cnn(-c2ccccc2)c1N. The highest BCUT2D eigenvalue weighted by Crippen LogP contribution is 2.41. The van der Waals surface area contributed by atoms with Gasteiger partial charge in [0.15, 0.2) is 11.5 Å². The lowest BCUT2D eigenvalue weighted by Crippen LogP contribution is -2.29. The molecule has 9 heteroatoms. The van der Waals surface area contributed by atoms with Crippen molar-refractivity contribution in [2.75, 3.05) is 20.0 Å². The molecule has 0 fully saturated rings. The minimum atomic E-state index is -0.982. The number of cyclic esters (lactones) is 1. The molecule has 0 aliphatic carbocycles. The Kier molecular flexibility index (Phi) is 4.55. The maximum atomic E-state index is 12.8. The van der Waals surface area contributed by atoms with Crippen molar-refractivity contribution in [3.8, 4) is 17.2 Å². The Labute approximate surface area is 166 Å². The van der Waals surface area contributed by atoms with E-state index in [0.717, 1.165) is 5.69 Å². The van der Waals surface area contributed by atoms with Crippen molar-refractivity contribution in [3.63, 3.8) is 0 Å². The molecule has 0 radical (unpaired) electrons. The maximum absolute atomic E-state index is 12.8. The minimum Gasteiger partial charge on any atom is -0.493 e. The predicted octanol–water partition coefficient (Wildman–Crippen LogP) is 2.07. The van der Waals surface area contributed by atoms with Gasteiger partial charge < -0.3 is 25.3 Å². The number of nitrogens with zero attached hydrogens (tertiary/aromatic N) is 2. The molecule has 1 atom stereocenters. The number of benzene rings is 2. The molecular weight excluding hydrogens is 376 g/mol. The van der Waals surface area contributed by atoms with Crippen LogP contribution >= 0.6 is 0 Å². The third-order valence-electron chi connectivity index (χ3n) is 4.60. The van der Waals surface area contributed by atoms with Gasteiger partial charge in [0.05, 0.1) is 26.1 Å². The summed E-state index contributed by atoms with van der Waals surface area (Å²) < 4.78 is 17.3. The molecule has 0 bridgehead atoms. The van der Waals surface area contributed by atoms with Crippen molar-refractivity contribution < 1.29 is 23.8 Å². The molecule has 3 aromatic rings. The first kappa shape index (κ1) is 18.4. The number of nitrogens with one attached hydrogen (secondary N) is 1. The van der Waals surface area contributed by atoms with E-state index in [1.807, 2.05) is 30.3 Å². The van der Waals surface area contributed by atoms with E-state index in [2.05, 4.69) is 10.4 Å². The van der Waals surface area contributed by atoms with E-state index >= 15 is 0 Å². The van der Waals surface area contributed by atoms with Gasteiger partial charge in [0.1, 0.15) is 16.9 Å². The van der Waals surface area contributed by atoms with Crippen molar-refractivity contribution >= 4 is 17.7 Å². The van der Waals surface area contributed by atoms with Crippen LogP contribution in [-0.2, 0) is 4.74 Å². The van der Waals surface area contributed by atoms with Crippen LogP contribution in [0.1, 0.15) is 32.5 Å². The number of carbonyl (C=O) groups is 2. The number of nitrogens with two attached hydrogens (primary N) is 1. The third-order valence-corrected chi connectivity index (χ3v) is 4.60. The Morgan fingerprint density at radius 1 is 1.17 bits per heavy atom. The fourth-order valence-corrected chi connectivity index (χ4v) is 3.21. The highest BCUT2D eigenvalue weighted by molar-refractivity contribution is 6.01. The summed E-state index contributed by atoms with van der Waals surface area (Å²) >= 11 is 0. The Morgan fingerprint density at radius 3 is 2.62 bits per heavy atom. The van der Waals surface area contributed by atoms with Crippen LogP contribution in [0.4, 0.5) is 5.82 Å². The maximum Gasteiger partial charge on any atom is 0.344 e. The molecule has 4 rings (SSSR count). The number of esters is 1. The molecule has 3 N–H and O–H groups in total. The first-order valence-electron chi connectivity index (χ1n) is 8.70. The number of carbonyl (C=O) groups excluding carboxylic acids is 2. The van der Waals surface area contributed by atoms with Gasteiger partial charge >= 0.3 is 5.97 Å². The standard InChI is InChI=1S/C20H18N4O5/c1-27-14-9-8-12-15(16(14)28-2)20(26)29-19(12)23-18(25)13-10-22-24(17(13)21)11-6-4-3-5-7-11/h3-10,19H,21H2,1-2H3,(H,23,25)/t19-/m1/s1. The van der Waals surface area contributed by atoms with Crippen LogP contribution in [-0.4, -0.2) is 35.9 Å². The summed E-state index contributed by atoms with van der Waals surface area (Å²) in [7, 11) is 2.90. The van der Waals surface area contributed by atoms with Gasteiger partial charge in [0.25, 0.3) is 5.91 Å². The molecule has 1 aromatic heterocycles. The summed E-state index contributed by atoms with van der Waals surface area (Å²) in [5.41, 5.74) is 7.68. The van der Waals surface area contributed by atoms with Crippen LogP contribution in [0, 0.1) is 0 Å². The van der Waals surface area contributed by atoms with Crippen LogP contribution in [0.3, 0.4) is 0 Å². The zero-order chi connectivity index (χ0) is 20.5. The fraction of sp³-hybridized carbons (Fsp3) is 0.150. The first-order chi connectivity index (χ1) is 14.0. The molecule has 148 valence electrons. The molecule has 2 heterocycles. The zero-order valence-corrected chi connectivity index (χ0v) is 15.7. The largest absolute Gasteiger partial charge is 0.493 e. The van der Waals surface area contributed by atoms with Crippen molar-refractivity contribution in [2.45, 2.75) is 6.23 Å². The molecule has 1 aliphatic rings. The number of para-hydroxylation sites is 1. The lowest BCUT2D eigenvalue weighted by atomic mass is 10.1. The van der Waals surface area contributed by atoms with Crippen LogP contribution < -0.4 is 20.5 Å². The van der Waals surface area contributed by atoms with Crippen molar-refractivity contribution in [2.24, 2.45) is 0 Å². The van der Waals surface area contributed by atoms with Crippen molar-refractivity contribution in [1.82, 2.24) is 15.1 Å². The summed E-state index contributed by atoms with van der Waals surface area (Å²) in [6, 6.07) is 12.5. The van der Waals surface area contributed by atoms with E-state index in [1.165, 1.54) is 25.1 Å². The minimum absolute atomic E-state index is 0.166. The van der Waals surface area contributed by atoms with Crippen molar-refractivity contribution in [3.05, 3.63) is 65.4 Å². The predicted molar refractivity (Wildman–Crippen MR) is 103 cm³/mol. The first-order valence-corrected chi connectivity index (χ1v) is 8.70. The topological polar surface area (TPSA) is 118 Å². The highest BCUT2D eigenvalue weighted by Gasteiger charge is 2.37. The number of methoxy groups -OCH3 is 2. The van der Waals surface area contributed by atoms with Gasteiger partial charge in [0.2, 0.25) is 6.23 Å². The summed E-state index contributed by atoms with van der Waals surface area (Å²) in [5, 5.41) is 6.84. The number of aromatic nitrogens is 2. The average molecular weight is 394 g/mol. The zero-order valence-electron chi connectivity index (χ0n) is 15.7. The fourth-order valence-electron chi connectivity index (χ4n) is 3.21. The number of hydrogen-bond donors (Lipinski definition) is 2. The number of rotatable bonds is 5. The Bertz CT molecular complexity index is 1090. The second-order valence-corrected chi connectivity index (χ2v) is 6.21. The van der Waals surface area contributed by atoms with Crippen LogP contribution in [0.5, 0.6) is 11.5 Å². The number of nitrogen functional groups attached to an aromatic ring is 1. The normalized spacial score (nSPS) is 14.8. The van der Waals surface area contributed by atoms with Crippen molar-refractivity contribution in [1.29, 1.82) is 0 Å².